The highest BCUT2D eigenvalue weighted by molar-refractivity contribution is 9.10. The molecule has 0 unspecified atom stereocenters. The van der Waals surface area contributed by atoms with Gasteiger partial charge in [0.25, 0.3) is 0 Å². The van der Waals surface area contributed by atoms with E-state index in [1.165, 1.54) is 12.3 Å². The van der Waals surface area contributed by atoms with Gasteiger partial charge in [-0.3, -0.25) is 10.1 Å². The highest BCUT2D eigenvalue weighted by Crippen LogP contribution is 2.25. The molecule has 1 N–H and O–H groups in total. The molecule has 0 bridgehead atoms. The third-order valence-electron chi connectivity index (χ3n) is 2.47. The second kappa shape index (κ2) is 9.62. The Morgan fingerprint density at radius 1 is 1.40 bits per heavy atom. The Labute approximate surface area is 126 Å². The highest BCUT2D eigenvalue weighted by atomic mass is 79.9. The lowest BCUT2D eigenvalue weighted by Gasteiger charge is -2.07. The molecule has 112 valence electrons. The molecule has 0 saturated carbocycles. The van der Waals surface area contributed by atoms with Crippen LogP contribution in [0.3, 0.4) is 0 Å². The molecule has 0 aliphatic rings. The van der Waals surface area contributed by atoms with E-state index in [2.05, 4.69) is 26.2 Å². The van der Waals surface area contributed by atoms with E-state index in [1.807, 2.05) is 0 Å². The van der Waals surface area contributed by atoms with Crippen LogP contribution in [0.15, 0.2) is 16.7 Å². The second-order valence-corrected chi connectivity index (χ2v) is 4.93. The van der Waals surface area contributed by atoms with Crippen molar-refractivity contribution in [3.63, 3.8) is 0 Å². The number of ether oxygens (including phenoxy) is 2. The van der Waals surface area contributed by atoms with E-state index in [1.54, 1.807) is 7.11 Å². The summed E-state index contributed by atoms with van der Waals surface area (Å²) in [6, 6.07) is 1.43. The summed E-state index contributed by atoms with van der Waals surface area (Å²) in [5.74, 6) is 0.290. The van der Waals surface area contributed by atoms with Gasteiger partial charge < -0.3 is 14.8 Å². The van der Waals surface area contributed by atoms with Crippen LogP contribution in [0.4, 0.5) is 11.5 Å². The molecule has 20 heavy (non-hydrogen) atoms. The van der Waals surface area contributed by atoms with Crippen LogP contribution in [0, 0.1) is 10.1 Å². The minimum Gasteiger partial charge on any atom is -0.382 e. The Bertz CT molecular complexity index is 431. The third kappa shape index (κ3) is 6.27. The van der Waals surface area contributed by atoms with E-state index in [-0.39, 0.29) is 5.69 Å². The molecule has 0 amide bonds. The zero-order chi connectivity index (χ0) is 14.8. The molecule has 0 atom stereocenters. The number of unbranched alkanes of at least 4 members (excludes halogenated alkanes) is 1. The third-order valence-corrected chi connectivity index (χ3v) is 2.90. The van der Waals surface area contributed by atoms with Gasteiger partial charge in [0, 0.05) is 37.0 Å². The van der Waals surface area contributed by atoms with Crippen molar-refractivity contribution in [1.82, 2.24) is 4.98 Å². The Morgan fingerprint density at radius 2 is 2.20 bits per heavy atom. The van der Waals surface area contributed by atoms with Crippen LogP contribution >= 0.6 is 15.9 Å². The average Bonchev–Trinajstić information content (AvgIpc) is 2.43. The predicted octanol–water partition coefficient (Wildman–Crippen LogP) is 2.61. The maximum atomic E-state index is 10.9. The van der Waals surface area contributed by atoms with Crippen LogP contribution < -0.4 is 5.32 Å². The van der Waals surface area contributed by atoms with Crippen molar-refractivity contribution >= 4 is 27.4 Å². The minimum absolute atomic E-state index is 0.0317. The molecule has 0 aliphatic carbocycles. The maximum Gasteiger partial charge on any atom is 0.312 e. The standard InChI is InChI=1S/C12H18BrN3O4/c1-19-6-7-20-5-3-2-4-14-12-11(16(17)18)8-10(13)9-15-12/h8-9H,2-7H2,1H3,(H,14,15). The number of halogens is 1. The van der Waals surface area contributed by atoms with E-state index < -0.39 is 4.92 Å². The van der Waals surface area contributed by atoms with E-state index in [4.69, 9.17) is 9.47 Å². The summed E-state index contributed by atoms with van der Waals surface area (Å²) in [6.07, 6.45) is 3.26. The van der Waals surface area contributed by atoms with Gasteiger partial charge in [-0.25, -0.2) is 4.98 Å². The molecular formula is C12H18BrN3O4. The quantitative estimate of drug-likeness (QED) is 0.397. The first kappa shape index (κ1) is 16.8. The molecule has 1 heterocycles. The lowest BCUT2D eigenvalue weighted by molar-refractivity contribution is -0.384. The molecular weight excluding hydrogens is 330 g/mol. The van der Waals surface area contributed by atoms with Gasteiger partial charge in [-0.1, -0.05) is 0 Å². The van der Waals surface area contributed by atoms with Crippen LogP contribution in [0.5, 0.6) is 0 Å². The number of nitrogens with zero attached hydrogens (tertiary/aromatic N) is 2. The van der Waals surface area contributed by atoms with E-state index in [9.17, 15) is 10.1 Å². The van der Waals surface area contributed by atoms with Gasteiger partial charge in [0.2, 0.25) is 5.82 Å². The minimum atomic E-state index is -0.450. The van der Waals surface area contributed by atoms with Crippen molar-refractivity contribution in [2.75, 3.05) is 38.8 Å². The molecule has 7 nitrogen and oxygen atoms in total. The zero-order valence-electron chi connectivity index (χ0n) is 11.3. The number of nitrogens with one attached hydrogen (secondary N) is 1. The second-order valence-electron chi connectivity index (χ2n) is 4.02. The Hall–Kier alpha value is -1.25. The summed E-state index contributed by atoms with van der Waals surface area (Å²) in [7, 11) is 1.63. The smallest absolute Gasteiger partial charge is 0.312 e. The number of pyridine rings is 1. The summed E-state index contributed by atoms with van der Waals surface area (Å²) < 4.78 is 10.8. The summed E-state index contributed by atoms with van der Waals surface area (Å²) in [6.45, 7) is 2.45. The molecule has 0 spiro atoms. The van der Waals surface area contributed by atoms with Crippen LogP contribution in [0.2, 0.25) is 0 Å². The predicted molar refractivity (Wildman–Crippen MR) is 79.0 cm³/mol. The summed E-state index contributed by atoms with van der Waals surface area (Å²) >= 11 is 3.17. The SMILES string of the molecule is COCCOCCCCNc1ncc(Br)cc1[N+](=O)[O-]. The van der Waals surface area contributed by atoms with Crippen LogP contribution in [0.25, 0.3) is 0 Å². The van der Waals surface area contributed by atoms with E-state index in [0.717, 1.165) is 12.8 Å². The van der Waals surface area contributed by atoms with Crippen molar-refractivity contribution in [1.29, 1.82) is 0 Å². The van der Waals surface area contributed by atoms with Gasteiger partial charge in [-0.05, 0) is 28.8 Å². The maximum absolute atomic E-state index is 10.9. The van der Waals surface area contributed by atoms with E-state index in [0.29, 0.717) is 36.7 Å². The van der Waals surface area contributed by atoms with Crippen LogP contribution in [0.1, 0.15) is 12.8 Å². The first-order chi connectivity index (χ1) is 9.65. The molecule has 1 aromatic heterocycles. The number of aromatic nitrogens is 1. The van der Waals surface area contributed by atoms with Gasteiger partial charge in [0.1, 0.15) is 0 Å². The molecule has 0 aliphatic heterocycles. The van der Waals surface area contributed by atoms with Gasteiger partial charge in [0.05, 0.1) is 18.1 Å². The van der Waals surface area contributed by atoms with Gasteiger partial charge in [-0.15, -0.1) is 0 Å². The van der Waals surface area contributed by atoms with Crippen LogP contribution in [-0.4, -0.2) is 43.4 Å². The molecule has 0 aromatic carbocycles. The Morgan fingerprint density at radius 3 is 2.90 bits per heavy atom. The van der Waals surface area contributed by atoms with Crippen molar-refractivity contribution < 1.29 is 14.4 Å². The largest absolute Gasteiger partial charge is 0.382 e. The van der Waals surface area contributed by atoms with Gasteiger partial charge in [0.15, 0.2) is 0 Å². The molecule has 8 heteroatoms. The van der Waals surface area contributed by atoms with Crippen molar-refractivity contribution in [3.05, 3.63) is 26.9 Å². The number of hydrogen-bond acceptors (Lipinski definition) is 6. The van der Waals surface area contributed by atoms with Crippen molar-refractivity contribution in [2.45, 2.75) is 12.8 Å². The Kier molecular flexibility index (Phi) is 8.08. The molecule has 0 saturated heterocycles. The van der Waals surface area contributed by atoms with E-state index >= 15 is 0 Å². The monoisotopic (exact) mass is 347 g/mol. The normalized spacial score (nSPS) is 10.5. The lowest BCUT2D eigenvalue weighted by atomic mass is 10.3. The number of anilines is 1. The molecule has 0 fully saturated rings. The molecule has 1 aromatic rings. The zero-order valence-corrected chi connectivity index (χ0v) is 12.9. The summed E-state index contributed by atoms with van der Waals surface area (Å²) in [4.78, 5) is 14.4. The summed E-state index contributed by atoms with van der Waals surface area (Å²) in [5, 5.41) is 13.9. The molecule has 0 radical (unpaired) electrons. The number of nitro groups is 1. The molecule has 1 rings (SSSR count). The number of hydrogen-bond donors (Lipinski definition) is 1. The lowest BCUT2D eigenvalue weighted by Crippen LogP contribution is -2.08. The fourth-order valence-electron chi connectivity index (χ4n) is 1.48. The fourth-order valence-corrected chi connectivity index (χ4v) is 1.80. The Balaban J connectivity index is 2.27. The summed E-state index contributed by atoms with van der Waals surface area (Å²) in [5.41, 5.74) is -0.0317. The first-order valence-corrected chi connectivity index (χ1v) is 7.05. The van der Waals surface area contributed by atoms with Crippen molar-refractivity contribution in [2.24, 2.45) is 0 Å². The highest BCUT2D eigenvalue weighted by Gasteiger charge is 2.15. The number of rotatable bonds is 10. The van der Waals surface area contributed by atoms with Crippen molar-refractivity contribution in [3.8, 4) is 0 Å². The average molecular weight is 348 g/mol. The van der Waals surface area contributed by atoms with Crippen LogP contribution in [-0.2, 0) is 9.47 Å². The van der Waals surface area contributed by atoms with Gasteiger partial charge in [-0.2, -0.15) is 0 Å². The first-order valence-electron chi connectivity index (χ1n) is 6.25. The topological polar surface area (TPSA) is 86.5 Å². The number of methoxy groups -OCH3 is 1. The van der Waals surface area contributed by atoms with Gasteiger partial charge >= 0.3 is 5.69 Å². The fraction of sp³-hybridized carbons (Fsp3) is 0.583.